The summed E-state index contributed by atoms with van der Waals surface area (Å²) in [6, 6.07) is 12.5. The minimum atomic E-state index is -0.293. The van der Waals surface area contributed by atoms with Gasteiger partial charge in [-0.05, 0) is 65.6 Å². The van der Waals surface area contributed by atoms with Crippen molar-refractivity contribution in [2.45, 2.75) is 77.1 Å². The molecule has 2 aromatic carbocycles. The van der Waals surface area contributed by atoms with Gasteiger partial charge in [0.15, 0.2) is 0 Å². The summed E-state index contributed by atoms with van der Waals surface area (Å²) in [7, 11) is 0. The van der Waals surface area contributed by atoms with Crippen LogP contribution in [0, 0.1) is 12.8 Å². The minimum absolute atomic E-state index is 0.0639. The van der Waals surface area contributed by atoms with Gasteiger partial charge in [0.2, 0.25) is 0 Å². The smallest absolute Gasteiger partial charge is 0.0685 e. The van der Waals surface area contributed by atoms with E-state index in [1.54, 1.807) is 11.8 Å². The van der Waals surface area contributed by atoms with Gasteiger partial charge >= 0.3 is 0 Å². The Morgan fingerprint density at radius 3 is 2.19 bits per heavy atom. The van der Waals surface area contributed by atoms with Crippen LogP contribution in [0.3, 0.4) is 0 Å². The van der Waals surface area contributed by atoms with Crippen molar-refractivity contribution in [3.63, 3.8) is 0 Å². The zero-order valence-electron chi connectivity index (χ0n) is 19.6. The van der Waals surface area contributed by atoms with Crippen LogP contribution in [0.2, 0.25) is 0 Å². The highest BCUT2D eigenvalue weighted by Crippen LogP contribution is 2.37. The lowest BCUT2D eigenvalue weighted by Crippen LogP contribution is -2.21. The van der Waals surface area contributed by atoms with Crippen LogP contribution in [0.25, 0.3) is 6.08 Å². The Kier molecular flexibility index (Phi) is 9.83. The van der Waals surface area contributed by atoms with E-state index in [0.29, 0.717) is 5.75 Å². The predicted molar refractivity (Wildman–Crippen MR) is 132 cm³/mol. The van der Waals surface area contributed by atoms with E-state index in [4.69, 9.17) is 0 Å². The molecule has 1 atom stereocenters. The van der Waals surface area contributed by atoms with Crippen molar-refractivity contribution in [2.24, 2.45) is 5.92 Å². The Bertz CT molecular complexity index is 869. The monoisotopic (exact) mass is 442 g/mol. The molecule has 0 aliphatic rings. The Balaban J connectivity index is 2.29. The fraction of sp³-hybridized carbons (Fsp3) is 0.481. The van der Waals surface area contributed by atoms with Crippen molar-refractivity contribution in [1.29, 1.82) is 0 Å². The molecule has 2 aromatic rings. The van der Waals surface area contributed by atoms with Gasteiger partial charge in [0.1, 0.15) is 0 Å². The number of thioether (sulfide) groups is 1. The number of aryl methyl sites for hydroxylation is 1. The van der Waals surface area contributed by atoms with E-state index in [1.807, 2.05) is 32.0 Å². The molecular weight excluding hydrogens is 404 g/mol. The molecule has 2 rings (SSSR count). The first-order valence-corrected chi connectivity index (χ1v) is 12.2. The van der Waals surface area contributed by atoms with Gasteiger partial charge in [0, 0.05) is 16.1 Å². The zero-order chi connectivity index (χ0) is 23.0. The van der Waals surface area contributed by atoms with Crippen LogP contribution < -0.4 is 0 Å². The van der Waals surface area contributed by atoms with Crippen LogP contribution in [0.4, 0.5) is 0 Å². The van der Waals surface area contributed by atoms with Gasteiger partial charge in [-0.3, -0.25) is 0 Å². The Morgan fingerprint density at radius 1 is 0.968 bits per heavy atom. The van der Waals surface area contributed by atoms with Crippen LogP contribution in [-0.2, 0) is 18.6 Å². The summed E-state index contributed by atoms with van der Waals surface area (Å²) >= 11 is 1.72. The maximum Gasteiger partial charge on any atom is 0.0685 e. The van der Waals surface area contributed by atoms with Crippen molar-refractivity contribution in [2.75, 3.05) is 5.75 Å². The van der Waals surface area contributed by atoms with Crippen molar-refractivity contribution in [3.8, 4) is 0 Å². The molecule has 0 aromatic heterocycles. The van der Waals surface area contributed by atoms with Crippen LogP contribution >= 0.6 is 11.8 Å². The molecule has 31 heavy (non-hydrogen) atoms. The zero-order valence-corrected chi connectivity index (χ0v) is 20.4. The molecule has 0 heterocycles. The number of allylic oxidation sites excluding steroid dienone is 1. The lowest BCUT2D eigenvalue weighted by molar-refractivity contribution is 0.149. The van der Waals surface area contributed by atoms with Gasteiger partial charge in [0.25, 0.3) is 0 Å². The largest absolute Gasteiger partial charge is 0.392 e. The van der Waals surface area contributed by atoms with E-state index in [9.17, 15) is 15.3 Å². The van der Waals surface area contributed by atoms with Gasteiger partial charge < -0.3 is 15.3 Å². The molecule has 0 aliphatic heterocycles. The molecule has 0 aliphatic carbocycles. The Hall–Kier alpha value is -1.59. The highest BCUT2D eigenvalue weighted by Gasteiger charge is 2.26. The molecule has 0 bridgehead atoms. The summed E-state index contributed by atoms with van der Waals surface area (Å²) < 4.78 is 0. The lowest BCUT2D eigenvalue weighted by atomic mass is 9.75. The SMILES string of the molecule is CCC(/C=C/c1ccc(CO)c(CO)c1)(CC)c1ccc(SCC(O)C(C)C)c(C)c1. The molecule has 0 saturated carbocycles. The summed E-state index contributed by atoms with van der Waals surface area (Å²) in [6.07, 6.45) is 6.09. The van der Waals surface area contributed by atoms with E-state index < -0.39 is 0 Å². The Morgan fingerprint density at radius 2 is 1.65 bits per heavy atom. The summed E-state index contributed by atoms with van der Waals surface area (Å²) in [6.45, 7) is 10.5. The maximum absolute atomic E-state index is 10.1. The molecule has 4 heteroatoms. The molecule has 1 unspecified atom stereocenters. The number of aliphatic hydroxyl groups is 3. The van der Waals surface area contributed by atoms with E-state index in [-0.39, 0.29) is 30.7 Å². The third kappa shape index (κ3) is 6.45. The molecule has 0 amide bonds. The highest BCUT2D eigenvalue weighted by molar-refractivity contribution is 7.99. The number of aliphatic hydroxyl groups excluding tert-OH is 3. The maximum atomic E-state index is 10.1. The van der Waals surface area contributed by atoms with Crippen LogP contribution in [0.5, 0.6) is 0 Å². The van der Waals surface area contributed by atoms with Crippen LogP contribution in [0.1, 0.15) is 68.4 Å². The predicted octanol–water partition coefficient (Wildman–Crippen LogP) is 5.86. The molecule has 0 radical (unpaired) electrons. The number of hydrogen-bond acceptors (Lipinski definition) is 4. The fourth-order valence-corrected chi connectivity index (χ4v) is 4.97. The third-order valence-electron chi connectivity index (χ3n) is 6.36. The number of benzene rings is 2. The van der Waals surface area contributed by atoms with E-state index in [2.05, 4.69) is 51.1 Å². The standard InChI is InChI=1S/C27H38O3S/c1-6-27(7-2,13-12-21-8-9-22(16-28)23(15-21)17-29)24-10-11-26(20(5)14-24)31-18-25(30)19(3)4/h8-15,19,25,28-30H,6-7,16-18H2,1-5H3/b13-12+. The Labute approximate surface area is 192 Å². The third-order valence-corrected chi connectivity index (χ3v) is 7.63. The summed E-state index contributed by atoms with van der Waals surface area (Å²) in [5.74, 6) is 0.976. The van der Waals surface area contributed by atoms with Crippen LogP contribution in [0.15, 0.2) is 47.4 Å². The molecule has 3 nitrogen and oxygen atoms in total. The fourth-order valence-electron chi connectivity index (χ4n) is 3.79. The molecule has 3 N–H and O–H groups in total. The van der Waals surface area contributed by atoms with Crippen molar-refractivity contribution in [3.05, 3.63) is 70.3 Å². The highest BCUT2D eigenvalue weighted by atomic mass is 32.2. The molecule has 0 saturated heterocycles. The molecule has 0 fully saturated rings. The van der Waals surface area contributed by atoms with E-state index in [1.165, 1.54) is 16.0 Å². The number of rotatable bonds is 11. The van der Waals surface area contributed by atoms with Gasteiger partial charge in [0.05, 0.1) is 19.3 Å². The topological polar surface area (TPSA) is 60.7 Å². The van der Waals surface area contributed by atoms with Gasteiger partial charge in [-0.1, -0.05) is 64.1 Å². The second-order valence-corrected chi connectivity index (χ2v) is 9.71. The first-order valence-electron chi connectivity index (χ1n) is 11.2. The van der Waals surface area contributed by atoms with Crippen molar-refractivity contribution in [1.82, 2.24) is 0 Å². The quantitative estimate of drug-likeness (QED) is 0.382. The van der Waals surface area contributed by atoms with Crippen molar-refractivity contribution >= 4 is 17.8 Å². The van der Waals surface area contributed by atoms with Crippen molar-refractivity contribution < 1.29 is 15.3 Å². The molecule has 0 spiro atoms. The van der Waals surface area contributed by atoms with E-state index in [0.717, 1.165) is 29.5 Å². The molecule has 170 valence electrons. The lowest BCUT2D eigenvalue weighted by Gasteiger charge is -2.30. The average molecular weight is 443 g/mol. The summed E-state index contributed by atoms with van der Waals surface area (Å²) in [5, 5.41) is 29.1. The first kappa shape index (κ1) is 25.7. The number of hydrogen-bond donors (Lipinski definition) is 3. The van der Waals surface area contributed by atoms with Gasteiger partial charge in [-0.25, -0.2) is 0 Å². The first-order chi connectivity index (χ1) is 14.8. The average Bonchev–Trinajstić information content (AvgIpc) is 2.78. The summed E-state index contributed by atoms with van der Waals surface area (Å²) in [5.41, 5.74) is 5.04. The van der Waals surface area contributed by atoms with E-state index >= 15 is 0 Å². The second kappa shape index (κ2) is 11.9. The normalized spacial score (nSPS) is 13.3. The summed E-state index contributed by atoms with van der Waals surface area (Å²) in [4.78, 5) is 1.22. The minimum Gasteiger partial charge on any atom is -0.392 e. The van der Waals surface area contributed by atoms with Gasteiger partial charge in [-0.2, -0.15) is 0 Å². The molecular formula is C27H38O3S. The van der Waals surface area contributed by atoms with Gasteiger partial charge in [-0.15, -0.1) is 11.8 Å². The second-order valence-electron chi connectivity index (χ2n) is 8.64. The van der Waals surface area contributed by atoms with Crippen LogP contribution in [-0.4, -0.2) is 27.2 Å².